The van der Waals surface area contributed by atoms with E-state index in [0.717, 1.165) is 23.7 Å². The third-order valence-corrected chi connectivity index (χ3v) is 6.23. The zero-order valence-corrected chi connectivity index (χ0v) is 11.8. The molecule has 0 saturated heterocycles. The summed E-state index contributed by atoms with van der Waals surface area (Å²) >= 11 is 0. The molecule has 1 heterocycles. The summed E-state index contributed by atoms with van der Waals surface area (Å²) in [4.78, 5) is 4.37. The maximum absolute atomic E-state index is 6.29. The van der Waals surface area contributed by atoms with Gasteiger partial charge in [0.25, 0.3) is 0 Å². The van der Waals surface area contributed by atoms with Crippen LogP contribution in [0.4, 0.5) is 0 Å². The van der Waals surface area contributed by atoms with Crippen molar-refractivity contribution in [2.24, 2.45) is 29.4 Å². The van der Waals surface area contributed by atoms with Crippen LogP contribution in [0.25, 0.3) is 0 Å². The number of pyridine rings is 1. The Bertz CT molecular complexity index is 451. The van der Waals surface area contributed by atoms with E-state index in [1.165, 1.54) is 37.7 Å². The summed E-state index contributed by atoms with van der Waals surface area (Å²) in [5.41, 5.74) is 8.23. The Morgan fingerprint density at radius 3 is 2.58 bits per heavy atom. The average Bonchev–Trinajstić information content (AvgIpc) is 2.38. The normalized spacial score (nSPS) is 45.4. The second kappa shape index (κ2) is 4.05. The quantitative estimate of drug-likeness (QED) is 0.883. The SMILES string of the molecule is CC(N)C1C2CC3CC1CC(c1cccnc1)(C3)C2. The number of aromatic nitrogens is 1. The van der Waals surface area contributed by atoms with E-state index in [2.05, 4.69) is 30.2 Å². The van der Waals surface area contributed by atoms with E-state index in [0.29, 0.717) is 11.5 Å². The molecule has 4 bridgehead atoms. The summed E-state index contributed by atoms with van der Waals surface area (Å²) in [6.45, 7) is 2.23. The first-order chi connectivity index (χ1) is 9.18. The highest BCUT2D eigenvalue weighted by Crippen LogP contribution is 2.63. The molecule has 3 unspecified atom stereocenters. The van der Waals surface area contributed by atoms with Gasteiger partial charge in [0.1, 0.15) is 0 Å². The number of nitrogens with two attached hydrogens (primary N) is 1. The summed E-state index contributed by atoms with van der Waals surface area (Å²) in [5, 5.41) is 0. The highest BCUT2D eigenvalue weighted by molar-refractivity contribution is 5.27. The Kier molecular flexibility index (Phi) is 2.54. The Balaban J connectivity index is 1.71. The van der Waals surface area contributed by atoms with Gasteiger partial charge in [-0.25, -0.2) is 0 Å². The van der Waals surface area contributed by atoms with E-state index in [1.54, 1.807) is 0 Å². The van der Waals surface area contributed by atoms with Crippen LogP contribution < -0.4 is 5.73 Å². The van der Waals surface area contributed by atoms with Crippen molar-refractivity contribution in [3.8, 4) is 0 Å². The molecule has 0 aromatic carbocycles. The fourth-order valence-corrected chi connectivity index (χ4v) is 5.95. The largest absolute Gasteiger partial charge is 0.328 e. The van der Waals surface area contributed by atoms with Gasteiger partial charge in [-0.15, -0.1) is 0 Å². The zero-order chi connectivity index (χ0) is 13.0. The minimum Gasteiger partial charge on any atom is -0.328 e. The molecule has 4 saturated carbocycles. The van der Waals surface area contributed by atoms with E-state index in [-0.39, 0.29) is 0 Å². The molecule has 4 fully saturated rings. The molecule has 1 aromatic heterocycles. The highest BCUT2D eigenvalue weighted by atomic mass is 14.7. The van der Waals surface area contributed by atoms with Gasteiger partial charge in [-0.05, 0) is 79.7 Å². The maximum Gasteiger partial charge on any atom is 0.0305 e. The van der Waals surface area contributed by atoms with E-state index >= 15 is 0 Å². The molecular weight excluding hydrogens is 232 g/mol. The molecule has 2 heteroatoms. The molecule has 4 aliphatic carbocycles. The molecule has 0 radical (unpaired) electrons. The minimum absolute atomic E-state index is 0.376. The van der Waals surface area contributed by atoms with Crippen molar-refractivity contribution >= 4 is 0 Å². The molecule has 102 valence electrons. The van der Waals surface area contributed by atoms with Crippen LogP contribution in [-0.4, -0.2) is 11.0 Å². The molecule has 0 spiro atoms. The number of hydrogen-bond acceptors (Lipinski definition) is 2. The Labute approximate surface area is 115 Å². The lowest BCUT2D eigenvalue weighted by Crippen LogP contribution is -2.56. The Morgan fingerprint density at radius 1 is 1.26 bits per heavy atom. The van der Waals surface area contributed by atoms with Gasteiger partial charge in [-0.1, -0.05) is 6.07 Å². The molecule has 0 amide bonds. The first-order valence-electron chi connectivity index (χ1n) is 7.84. The number of hydrogen-bond donors (Lipinski definition) is 1. The van der Waals surface area contributed by atoms with Crippen molar-refractivity contribution in [3.63, 3.8) is 0 Å². The van der Waals surface area contributed by atoms with Gasteiger partial charge in [-0.2, -0.15) is 0 Å². The highest BCUT2D eigenvalue weighted by Gasteiger charge is 2.56. The summed E-state index contributed by atoms with van der Waals surface area (Å²) in [6.07, 6.45) is 11.0. The molecule has 2 nitrogen and oxygen atoms in total. The van der Waals surface area contributed by atoms with Crippen molar-refractivity contribution < 1.29 is 0 Å². The summed E-state index contributed by atoms with van der Waals surface area (Å²) in [6, 6.07) is 4.79. The Morgan fingerprint density at radius 2 is 2.00 bits per heavy atom. The second-order valence-corrected chi connectivity index (χ2v) is 7.43. The van der Waals surface area contributed by atoms with Crippen LogP contribution in [0.1, 0.15) is 44.6 Å². The first-order valence-corrected chi connectivity index (χ1v) is 7.84. The van der Waals surface area contributed by atoms with Crippen LogP contribution in [-0.2, 0) is 5.41 Å². The van der Waals surface area contributed by atoms with E-state index < -0.39 is 0 Å². The van der Waals surface area contributed by atoms with Crippen LogP contribution >= 0.6 is 0 Å². The van der Waals surface area contributed by atoms with Gasteiger partial charge in [0, 0.05) is 18.4 Å². The van der Waals surface area contributed by atoms with Crippen molar-refractivity contribution in [1.29, 1.82) is 0 Å². The lowest BCUT2D eigenvalue weighted by Gasteiger charge is -2.61. The summed E-state index contributed by atoms with van der Waals surface area (Å²) in [7, 11) is 0. The third-order valence-electron chi connectivity index (χ3n) is 6.23. The first kappa shape index (κ1) is 11.9. The smallest absolute Gasteiger partial charge is 0.0305 e. The topological polar surface area (TPSA) is 38.9 Å². The van der Waals surface area contributed by atoms with Crippen LogP contribution in [0.3, 0.4) is 0 Å². The molecule has 4 aliphatic rings. The Hall–Kier alpha value is -0.890. The molecule has 3 atom stereocenters. The van der Waals surface area contributed by atoms with Crippen molar-refractivity contribution in [3.05, 3.63) is 30.1 Å². The third kappa shape index (κ3) is 1.69. The zero-order valence-electron chi connectivity index (χ0n) is 11.8. The maximum atomic E-state index is 6.29. The van der Waals surface area contributed by atoms with E-state index in [4.69, 9.17) is 5.73 Å². The summed E-state index contributed by atoms with van der Waals surface area (Å²) < 4.78 is 0. The average molecular weight is 256 g/mol. The van der Waals surface area contributed by atoms with Crippen molar-refractivity contribution in [2.45, 2.75) is 50.5 Å². The van der Waals surface area contributed by atoms with E-state index in [9.17, 15) is 0 Å². The predicted octanol–water partition coefficient (Wildman–Crippen LogP) is 3.12. The number of rotatable bonds is 2. The second-order valence-electron chi connectivity index (χ2n) is 7.43. The van der Waals surface area contributed by atoms with Crippen LogP contribution in [0.2, 0.25) is 0 Å². The lowest BCUT2D eigenvalue weighted by molar-refractivity contribution is -0.0633. The monoisotopic (exact) mass is 256 g/mol. The summed E-state index contributed by atoms with van der Waals surface area (Å²) in [5.74, 6) is 3.46. The number of nitrogens with zero attached hydrogens (tertiary/aromatic N) is 1. The van der Waals surface area contributed by atoms with Gasteiger partial charge >= 0.3 is 0 Å². The van der Waals surface area contributed by atoms with Crippen LogP contribution in [0, 0.1) is 23.7 Å². The minimum atomic E-state index is 0.376. The van der Waals surface area contributed by atoms with Crippen molar-refractivity contribution in [1.82, 2.24) is 4.98 Å². The van der Waals surface area contributed by atoms with Gasteiger partial charge in [0.05, 0.1) is 0 Å². The van der Waals surface area contributed by atoms with Crippen molar-refractivity contribution in [2.75, 3.05) is 0 Å². The van der Waals surface area contributed by atoms with Gasteiger partial charge in [0.2, 0.25) is 0 Å². The van der Waals surface area contributed by atoms with Gasteiger partial charge in [-0.3, -0.25) is 4.98 Å². The van der Waals surface area contributed by atoms with Crippen LogP contribution in [0.15, 0.2) is 24.5 Å². The fourth-order valence-electron chi connectivity index (χ4n) is 5.95. The molecule has 5 rings (SSSR count). The molecule has 2 N–H and O–H groups in total. The molecule has 0 aliphatic heterocycles. The van der Waals surface area contributed by atoms with Gasteiger partial charge < -0.3 is 5.73 Å². The van der Waals surface area contributed by atoms with Crippen LogP contribution in [0.5, 0.6) is 0 Å². The van der Waals surface area contributed by atoms with Gasteiger partial charge in [0.15, 0.2) is 0 Å². The lowest BCUT2D eigenvalue weighted by atomic mass is 9.44. The fraction of sp³-hybridized carbons (Fsp3) is 0.706. The van der Waals surface area contributed by atoms with E-state index in [1.807, 2.05) is 6.20 Å². The molecule has 19 heavy (non-hydrogen) atoms. The molecular formula is C17H24N2. The molecule has 1 aromatic rings. The predicted molar refractivity (Wildman–Crippen MR) is 76.6 cm³/mol. The standard InChI is InChI=1S/C17H24N2/c1-11(18)16-13-5-12-6-14(16)9-17(7-12,8-13)15-3-2-4-19-10-15/h2-4,10-14,16H,5-9,18H2,1H3.